The molecule has 5 nitrogen and oxygen atoms in total. The number of amides is 1. The first-order valence-corrected chi connectivity index (χ1v) is 13.4. The van der Waals surface area contributed by atoms with Gasteiger partial charge in [-0.2, -0.15) is 0 Å². The largest absolute Gasteiger partial charge is 0.493 e. The summed E-state index contributed by atoms with van der Waals surface area (Å²) in [7, 11) is 0. The first-order valence-electron chi connectivity index (χ1n) is 13.4. The van der Waals surface area contributed by atoms with Gasteiger partial charge in [-0.3, -0.25) is 4.79 Å². The highest BCUT2D eigenvalue weighted by Crippen LogP contribution is 2.26. The molecule has 1 saturated heterocycles. The molecule has 0 bridgehead atoms. The first kappa shape index (κ1) is 26.2. The Kier molecular flexibility index (Phi) is 12.0. The van der Waals surface area contributed by atoms with Crippen LogP contribution in [0.2, 0.25) is 0 Å². The number of hydrogen-bond acceptors (Lipinski definition) is 4. The van der Waals surface area contributed by atoms with Crippen molar-refractivity contribution in [3.8, 4) is 5.75 Å². The van der Waals surface area contributed by atoms with Crippen LogP contribution in [0.1, 0.15) is 93.1 Å². The molecule has 0 aliphatic carbocycles. The molecule has 1 heterocycles. The Morgan fingerprint density at radius 2 is 1.56 bits per heavy atom. The average molecular weight is 466 g/mol. The van der Waals surface area contributed by atoms with Crippen molar-refractivity contribution in [3.05, 3.63) is 59.7 Å². The van der Waals surface area contributed by atoms with Gasteiger partial charge in [-0.05, 0) is 30.2 Å². The maximum absolute atomic E-state index is 13.1. The van der Waals surface area contributed by atoms with Crippen molar-refractivity contribution >= 4 is 11.6 Å². The number of unbranched alkanes of at least 4 members (excludes halogenated alkanes) is 9. The number of rotatable bonds is 15. The van der Waals surface area contributed by atoms with E-state index in [-0.39, 0.29) is 11.9 Å². The Bertz CT molecular complexity index is 849. The van der Waals surface area contributed by atoms with Crippen molar-refractivity contribution in [1.29, 1.82) is 0 Å². The Balaban J connectivity index is 1.44. The zero-order valence-electron chi connectivity index (χ0n) is 20.9. The molecule has 1 aliphatic heterocycles. The van der Waals surface area contributed by atoms with Crippen molar-refractivity contribution in [2.75, 3.05) is 31.6 Å². The summed E-state index contributed by atoms with van der Waals surface area (Å²) in [6.45, 7) is 5.65. The van der Waals surface area contributed by atoms with Crippen LogP contribution in [0.15, 0.2) is 48.5 Å². The Labute approximate surface area is 206 Å². The minimum absolute atomic E-state index is 0.130. The van der Waals surface area contributed by atoms with Gasteiger partial charge in [-0.25, -0.2) is 0 Å². The van der Waals surface area contributed by atoms with Crippen LogP contribution in [0.3, 0.4) is 0 Å². The van der Waals surface area contributed by atoms with E-state index in [1.54, 1.807) is 0 Å². The molecule has 1 fully saturated rings. The first-order chi connectivity index (χ1) is 16.8. The highest BCUT2D eigenvalue weighted by Gasteiger charge is 2.19. The van der Waals surface area contributed by atoms with Gasteiger partial charge in [-0.15, -0.1) is 0 Å². The van der Waals surface area contributed by atoms with Gasteiger partial charge in [0.05, 0.1) is 12.2 Å². The van der Waals surface area contributed by atoms with Gasteiger partial charge >= 0.3 is 0 Å². The lowest BCUT2D eigenvalue weighted by Gasteiger charge is -2.26. The summed E-state index contributed by atoms with van der Waals surface area (Å²) in [6.07, 6.45) is 13.0. The van der Waals surface area contributed by atoms with E-state index in [1.165, 1.54) is 57.8 Å². The third kappa shape index (κ3) is 8.77. The second kappa shape index (κ2) is 15.5. The fourth-order valence-electron chi connectivity index (χ4n) is 4.53. The number of carbonyl (C=O) groups is 1. The third-order valence-electron chi connectivity index (χ3n) is 6.51. The molecule has 1 amide bonds. The summed E-state index contributed by atoms with van der Waals surface area (Å²) in [6, 6.07) is 15.8. The molecule has 3 N–H and O–H groups in total. The average Bonchev–Trinajstić information content (AvgIpc) is 2.88. The number of nitrogens with one attached hydrogen (secondary N) is 3. The molecule has 3 rings (SSSR count). The second-order valence-corrected chi connectivity index (χ2v) is 9.28. The molecular formula is C29H43N3O2. The predicted octanol–water partition coefficient (Wildman–Crippen LogP) is 6.47. The maximum atomic E-state index is 13.1. The molecule has 34 heavy (non-hydrogen) atoms. The van der Waals surface area contributed by atoms with Gasteiger partial charge in [0.15, 0.2) is 0 Å². The van der Waals surface area contributed by atoms with Gasteiger partial charge in [0.1, 0.15) is 5.75 Å². The molecule has 186 valence electrons. The SMILES string of the molecule is CCCCCCCCCCCCOc1ccccc1C(=O)Nc1ccccc1C1CNCCN1. The van der Waals surface area contributed by atoms with Gasteiger partial charge in [-0.1, -0.05) is 95.0 Å². The topological polar surface area (TPSA) is 62.4 Å². The Morgan fingerprint density at radius 1 is 0.882 bits per heavy atom. The molecule has 1 unspecified atom stereocenters. The van der Waals surface area contributed by atoms with Gasteiger partial charge < -0.3 is 20.7 Å². The summed E-state index contributed by atoms with van der Waals surface area (Å²) in [5.41, 5.74) is 2.53. The quantitative estimate of drug-likeness (QED) is 0.264. The predicted molar refractivity (Wildman–Crippen MR) is 142 cm³/mol. The van der Waals surface area contributed by atoms with Crippen molar-refractivity contribution < 1.29 is 9.53 Å². The Hall–Kier alpha value is -2.37. The minimum Gasteiger partial charge on any atom is -0.493 e. The molecule has 0 aromatic heterocycles. The molecule has 1 atom stereocenters. The van der Waals surface area contributed by atoms with E-state index in [1.807, 2.05) is 42.5 Å². The number of hydrogen-bond donors (Lipinski definition) is 3. The number of anilines is 1. The lowest BCUT2D eigenvalue weighted by atomic mass is 10.0. The van der Waals surface area contributed by atoms with Crippen LogP contribution in [0, 0.1) is 0 Å². The van der Waals surface area contributed by atoms with E-state index in [4.69, 9.17) is 4.74 Å². The van der Waals surface area contributed by atoms with Crippen LogP contribution >= 0.6 is 0 Å². The van der Waals surface area contributed by atoms with Crippen LogP contribution < -0.4 is 20.7 Å². The summed E-state index contributed by atoms with van der Waals surface area (Å²) in [5, 5.41) is 10.1. The maximum Gasteiger partial charge on any atom is 0.259 e. The molecule has 2 aromatic rings. The van der Waals surface area contributed by atoms with Crippen LogP contribution in [-0.2, 0) is 0 Å². The van der Waals surface area contributed by atoms with Crippen LogP contribution in [0.4, 0.5) is 5.69 Å². The number of carbonyl (C=O) groups excluding carboxylic acids is 1. The zero-order chi connectivity index (χ0) is 23.8. The van der Waals surface area contributed by atoms with E-state index >= 15 is 0 Å². The highest BCUT2D eigenvalue weighted by atomic mass is 16.5. The summed E-state index contributed by atoms with van der Waals surface area (Å²) in [5.74, 6) is 0.528. The van der Waals surface area contributed by atoms with Crippen LogP contribution in [0.25, 0.3) is 0 Å². The lowest BCUT2D eigenvalue weighted by molar-refractivity contribution is 0.102. The lowest BCUT2D eigenvalue weighted by Crippen LogP contribution is -2.42. The number of para-hydroxylation sites is 2. The summed E-state index contributed by atoms with van der Waals surface area (Å²) >= 11 is 0. The molecule has 0 radical (unpaired) electrons. The molecule has 2 aromatic carbocycles. The highest BCUT2D eigenvalue weighted by molar-refractivity contribution is 6.06. The zero-order valence-corrected chi connectivity index (χ0v) is 20.9. The summed E-state index contributed by atoms with van der Waals surface area (Å²) in [4.78, 5) is 13.1. The third-order valence-corrected chi connectivity index (χ3v) is 6.51. The molecule has 0 spiro atoms. The molecule has 0 saturated carbocycles. The van der Waals surface area contributed by atoms with E-state index < -0.39 is 0 Å². The number of benzene rings is 2. The van der Waals surface area contributed by atoms with Crippen molar-refractivity contribution in [2.24, 2.45) is 0 Å². The van der Waals surface area contributed by atoms with Gasteiger partial charge in [0.2, 0.25) is 0 Å². The van der Waals surface area contributed by atoms with E-state index in [0.29, 0.717) is 17.9 Å². The van der Waals surface area contributed by atoms with E-state index in [0.717, 1.165) is 37.3 Å². The van der Waals surface area contributed by atoms with Crippen molar-refractivity contribution in [3.63, 3.8) is 0 Å². The number of piperazine rings is 1. The molecule has 1 aliphatic rings. The van der Waals surface area contributed by atoms with Gasteiger partial charge in [0.25, 0.3) is 5.91 Å². The van der Waals surface area contributed by atoms with Crippen LogP contribution in [0.5, 0.6) is 5.75 Å². The second-order valence-electron chi connectivity index (χ2n) is 9.28. The standard InChI is InChI=1S/C29H43N3O2/c1-2-3-4-5-6-7-8-9-10-15-22-34-28-19-14-12-17-25(28)29(33)32-26-18-13-11-16-24(26)27-23-30-20-21-31-27/h11-14,16-19,27,30-31H,2-10,15,20-23H2,1H3,(H,32,33). The monoisotopic (exact) mass is 465 g/mol. The van der Waals surface area contributed by atoms with Gasteiger partial charge in [0, 0.05) is 31.4 Å². The molecular weight excluding hydrogens is 422 g/mol. The smallest absolute Gasteiger partial charge is 0.259 e. The van der Waals surface area contributed by atoms with Crippen LogP contribution in [-0.4, -0.2) is 32.1 Å². The fraction of sp³-hybridized carbons (Fsp3) is 0.552. The normalized spacial score (nSPS) is 15.7. The van der Waals surface area contributed by atoms with Crippen molar-refractivity contribution in [1.82, 2.24) is 10.6 Å². The van der Waals surface area contributed by atoms with E-state index in [2.05, 4.69) is 28.9 Å². The van der Waals surface area contributed by atoms with Crippen molar-refractivity contribution in [2.45, 2.75) is 77.2 Å². The van der Waals surface area contributed by atoms with E-state index in [9.17, 15) is 4.79 Å². The fourth-order valence-corrected chi connectivity index (χ4v) is 4.53. The molecule has 5 heteroatoms. The summed E-state index contributed by atoms with van der Waals surface area (Å²) < 4.78 is 6.03. The minimum atomic E-state index is -0.130. The number of ether oxygens (including phenoxy) is 1. The Morgan fingerprint density at radius 3 is 2.29 bits per heavy atom.